The van der Waals surface area contributed by atoms with Crippen molar-refractivity contribution in [2.45, 2.75) is 30.9 Å². The monoisotopic (exact) mass is 493 g/mol. The largest absolute Gasteiger partial charge is 0.573 e. The highest BCUT2D eigenvalue weighted by Gasteiger charge is 2.69. The Kier molecular flexibility index (Phi) is 5.97. The highest BCUT2D eigenvalue weighted by atomic mass is 19.4. The van der Waals surface area contributed by atoms with E-state index in [-0.39, 0.29) is 12.1 Å². The Bertz CT molecular complexity index is 1190. The molecule has 3 heterocycles. The number of carboxylic acids is 2. The van der Waals surface area contributed by atoms with Crippen LogP contribution in [0.3, 0.4) is 0 Å². The normalized spacial score (nSPS) is 26.0. The molecule has 4 atom stereocenters. The van der Waals surface area contributed by atoms with Crippen LogP contribution in [0.1, 0.15) is 23.7 Å². The van der Waals surface area contributed by atoms with E-state index in [0.717, 1.165) is 17.0 Å². The number of hydrogen-bond donors (Lipinski definition) is 3. The average molecular weight is 493 g/mol. The number of halogens is 3. The van der Waals surface area contributed by atoms with Crippen LogP contribution in [-0.2, 0) is 25.7 Å². The summed E-state index contributed by atoms with van der Waals surface area (Å²) in [4.78, 5) is 55.5. The second-order valence-electron chi connectivity index (χ2n) is 8.18. The fourth-order valence-corrected chi connectivity index (χ4v) is 4.74. The van der Waals surface area contributed by atoms with Crippen molar-refractivity contribution >= 4 is 23.8 Å². The van der Waals surface area contributed by atoms with Crippen molar-refractivity contribution in [3.8, 4) is 5.75 Å². The van der Waals surface area contributed by atoms with E-state index in [1.54, 1.807) is 18.2 Å². The minimum atomic E-state index is -5.00. The van der Waals surface area contributed by atoms with Crippen LogP contribution in [0.2, 0.25) is 0 Å². The Morgan fingerprint density at radius 2 is 1.86 bits per heavy atom. The molecule has 0 spiro atoms. The fourth-order valence-electron chi connectivity index (χ4n) is 4.74. The lowest BCUT2D eigenvalue weighted by atomic mass is 9.77. The number of alkyl halides is 3. The molecule has 4 unspecified atom stereocenters. The van der Waals surface area contributed by atoms with E-state index in [4.69, 9.17) is 0 Å². The van der Waals surface area contributed by atoms with Gasteiger partial charge in [0.05, 0.1) is 30.5 Å². The Hall–Kier alpha value is -4.00. The quantitative estimate of drug-likeness (QED) is 0.491. The molecule has 10 nitrogen and oxygen atoms in total. The van der Waals surface area contributed by atoms with Crippen molar-refractivity contribution in [2.24, 2.45) is 11.8 Å². The molecule has 1 aromatic carbocycles. The summed E-state index contributed by atoms with van der Waals surface area (Å²) in [6, 6.07) is 8.01. The number of carbonyl (C=O) groups excluding carboxylic acids is 2. The number of rotatable bonds is 7. The Morgan fingerprint density at radius 3 is 2.46 bits per heavy atom. The molecular weight excluding hydrogens is 475 g/mol. The van der Waals surface area contributed by atoms with Gasteiger partial charge in [-0.25, -0.2) is 0 Å². The third-order valence-electron chi connectivity index (χ3n) is 6.05. The summed E-state index contributed by atoms with van der Waals surface area (Å²) in [5.74, 6) is -8.56. The van der Waals surface area contributed by atoms with Gasteiger partial charge < -0.3 is 14.9 Å². The topological polar surface area (TPSA) is 146 Å². The molecule has 4 rings (SSSR count). The lowest BCUT2D eigenvalue weighted by molar-refractivity contribution is -0.274. The molecule has 0 saturated carbocycles. The number of carboxylic acid groups (broad SMARTS) is 2. The summed E-state index contributed by atoms with van der Waals surface area (Å²) in [6.45, 7) is -0.280. The van der Waals surface area contributed by atoms with Crippen LogP contribution in [0.5, 0.6) is 5.75 Å². The van der Waals surface area contributed by atoms with Gasteiger partial charge in [-0.15, -0.1) is 13.2 Å². The molecule has 2 saturated heterocycles. The molecule has 1 aromatic heterocycles. The number of aromatic nitrogens is 1. The van der Waals surface area contributed by atoms with E-state index in [9.17, 15) is 42.6 Å². The molecule has 0 aliphatic carbocycles. The van der Waals surface area contributed by atoms with Gasteiger partial charge in [0.15, 0.2) is 0 Å². The molecule has 2 amide bonds. The minimum absolute atomic E-state index is 0.0242. The summed E-state index contributed by atoms with van der Waals surface area (Å²) >= 11 is 0. The van der Waals surface area contributed by atoms with Gasteiger partial charge in [-0.3, -0.25) is 34.4 Å². The van der Waals surface area contributed by atoms with Crippen LogP contribution in [-0.4, -0.2) is 55.8 Å². The zero-order valence-corrected chi connectivity index (χ0v) is 17.7. The zero-order chi connectivity index (χ0) is 25.5. The number of benzene rings is 1. The first kappa shape index (κ1) is 24.1. The summed E-state index contributed by atoms with van der Waals surface area (Å²) in [6.07, 6.45) is -4.62. The number of likely N-dealkylation sites (tertiary alicyclic amines) is 1. The highest BCUT2D eigenvalue weighted by Crippen LogP contribution is 2.50. The summed E-state index contributed by atoms with van der Waals surface area (Å²) in [5.41, 5.74) is -2.03. The molecule has 2 fully saturated rings. The second kappa shape index (κ2) is 8.65. The first-order chi connectivity index (χ1) is 16.4. The molecule has 35 heavy (non-hydrogen) atoms. The van der Waals surface area contributed by atoms with Gasteiger partial charge in [0.25, 0.3) is 0 Å². The van der Waals surface area contributed by atoms with E-state index < -0.39 is 65.7 Å². The maximum atomic E-state index is 13.4. The van der Waals surface area contributed by atoms with Crippen molar-refractivity contribution < 1.29 is 47.3 Å². The maximum Gasteiger partial charge on any atom is 0.573 e. The molecule has 2 aliphatic rings. The van der Waals surface area contributed by atoms with Crippen molar-refractivity contribution in [1.82, 2.24) is 15.2 Å². The number of pyridine rings is 1. The number of imide groups is 1. The number of fused-ring (bicyclic) bond motifs is 1. The molecule has 13 heteroatoms. The van der Waals surface area contributed by atoms with E-state index in [1.807, 2.05) is 0 Å². The number of nitrogens with one attached hydrogen (secondary N) is 1. The Morgan fingerprint density at radius 1 is 1.11 bits per heavy atom. The maximum absolute atomic E-state index is 13.4. The SMILES string of the molecule is O=C(O)CC1(C(=O)O)NC(c2cccc(OC(F)(F)F)c2)C2C(=O)N(Cc3ccccn3)C(=O)C21. The van der Waals surface area contributed by atoms with Crippen LogP contribution >= 0.6 is 0 Å². The minimum Gasteiger partial charge on any atom is -0.481 e. The van der Waals surface area contributed by atoms with Crippen molar-refractivity contribution in [3.05, 3.63) is 59.9 Å². The van der Waals surface area contributed by atoms with E-state index in [1.165, 1.54) is 18.3 Å². The van der Waals surface area contributed by atoms with E-state index in [2.05, 4.69) is 15.0 Å². The van der Waals surface area contributed by atoms with Crippen LogP contribution in [0, 0.1) is 11.8 Å². The Labute approximate surface area is 195 Å². The van der Waals surface area contributed by atoms with E-state index in [0.29, 0.717) is 5.69 Å². The molecule has 184 valence electrons. The van der Waals surface area contributed by atoms with Gasteiger partial charge in [-0.2, -0.15) is 0 Å². The number of ether oxygens (including phenoxy) is 1. The summed E-state index contributed by atoms with van der Waals surface area (Å²) in [5, 5.41) is 22.0. The van der Waals surface area contributed by atoms with Crippen molar-refractivity contribution in [2.75, 3.05) is 0 Å². The van der Waals surface area contributed by atoms with Gasteiger partial charge in [0.1, 0.15) is 11.3 Å². The predicted octanol–water partition coefficient (Wildman–Crippen LogP) is 1.72. The van der Waals surface area contributed by atoms with Crippen LogP contribution in [0.4, 0.5) is 13.2 Å². The third kappa shape index (κ3) is 4.41. The van der Waals surface area contributed by atoms with Crippen molar-refractivity contribution in [3.63, 3.8) is 0 Å². The van der Waals surface area contributed by atoms with Gasteiger partial charge in [0, 0.05) is 12.2 Å². The third-order valence-corrected chi connectivity index (χ3v) is 6.05. The first-order valence-corrected chi connectivity index (χ1v) is 10.3. The number of carbonyl (C=O) groups is 4. The van der Waals surface area contributed by atoms with Crippen LogP contribution < -0.4 is 10.1 Å². The second-order valence-corrected chi connectivity index (χ2v) is 8.18. The molecule has 0 radical (unpaired) electrons. The number of hydrogen-bond acceptors (Lipinski definition) is 7. The number of nitrogens with zero attached hydrogens (tertiary/aromatic N) is 2. The lowest BCUT2D eigenvalue weighted by Crippen LogP contribution is -2.56. The number of aliphatic carboxylic acids is 2. The fraction of sp³-hybridized carbons (Fsp3) is 0.318. The zero-order valence-electron chi connectivity index (χ0n) is 17.7. The average Bonchev–Trinajstić information content (AvgIpc) is 3.23. The predicted molar refractivity (Wildman–Crippen MR) is 108 cm³/mol. The van der Waals surface area contributed by atoms with Crippen LogP contribution in [0.25, 0.3) is 0 Å². The number of amides is 2. The molecule has 2 aromatic rings. The highest BCUT2D eigenvalue weighted by molar-refractivity contribution is 6.10. The van der Waals surface area contributed by atoms with Gasteiger partial charge in [-0.05, 0) is 29.8 Å². The van der Waals surface area contributed by atoms with Crippen molar-refractivity contribution in [1.29, 1.82) is 0 Å². The standard InChI is InChI=1S/C22H18F3N3O7/c23-22(24,25)35-13-6-3-4-11(8-13)17-15-16(21(27-17,20(33)34)9-14(29)30)19(32)28(18(15)31)10-12-5-1-2-7-26-12/h1-8,15-17,27H,9-10H2,(H,29,30)(H,33,34). The van der Waals surface area contributed by atoms with Crippen LogP contribution in [0.15, 0.2) is 48.7 Å². The Balaban J connectivity index is 1.79. The lowest BCUT2D eigenvalue weighted by Gasteiger charge is -2.29. The first-order valence-electron chi connectivity index (χ1n) is 10.3. The molecule has 3 N–H and O–H groups in total. The van der Waals surface area contributed by atoms with Gasteiger partial charge in [0.2, 0.25) is 11.8 Å². The van der Waals surface area contributed by atoms with Gasteiger partial charge >= 0.3 is 18.3 Å². The molecular formula is C22H18F3N3O7. The van der Waals surface area contributed by atoms with Gasteiger partial charge in [-0.1, -0.05) is 18.2 Å². The summed E-state index contributed by atoms with van der Waals surface area (Å²) in [7, 11) is 0. The smallest absolute Gasteiger partial charge is 0.481 e. The molecule has 0 bridgehead atoms. The molecule has 2 aliphatic heterocycles. The van der Waals surface area contributed by atoms with E-state index >= 15 is 0 Å². The summed E-state index contributed by atoms with van der Waals surface area (Å²) < 4.78 is 42.1.